The van der Waals surface area contributed by atoms with Gasteiger partial charge < -0.3 is 5.32 Å². The van der Waals surface area contributed by atoms with Gasteiger partial charge in [-0.05, 0) is 56.5 Å². The maximum atomic E-state index is 13.0. The summed E-state index contributed by atoms with van der Waals surface area (Å²) in [6.07, 6.45) is 3.08. The average Bonchev–Trinajstić information content (AvgIpc) is 2.40. The van der Waals surface area contributed by atoms with Crippen LogP contribution in [0.15, 0.2) is 29.2 Å². The van der Waals surface area contributed by atoms with Crippen LogP contribution in [-0.4, -0.2) is 28.1 Å². The number of hydrogen-bond donors (Lipinski definition) is 2. The minimum Gasteiger partial charge on any atom is -0.316 e. The normalized spacial score (nSPS) is 20.4. The van der Waals surface area contributed by atoms with Crippen LogP contribution in [0.4, 0.5) is 4.39 Å². The van der Waals surface area contributed by atoms with Crippen molar-refractivity contribution in [2.75, 3.05) is 19.6 Å². The summed E-state index contributed by atoms with van der Waals surface area (Å²) in [6, 6.07) is 5.06. The molecule has 1 saturated heterocycles. The first-order valence-electron chi connectivity index (χ1n) is 6.54. The fourth-order valence-electron chi connectivity index (χ4n) is 2.29. The zero-order valence-corrected chi connectivity index (χ0v) is 11.5. The van der Waals surface area contributed by atoms with Crippen molar-refractivity contribution in [1.82, 2.24) is 10.0 Å². The topological polar surface area (TPSA) is 58.2 Å². The van der Waals surface area contributed by atoms with Gasteiger partial charge in [-0.1, -0.05) is 6.07 Å². The summed E-state index contributed by atoms with van der Waals surface area (Å²) in [4.78, 5) is -0.0192. The Morgan fingerprint density at radius 2 is 2.26 bits per heavy atom. The number of nitrogens with one attached hydrogen (secondary N) is 2. The molecule has 1 aromatic rings. The van der Waals surface area contributed by atoms with Crippen LogP contribution in [0.3, 0.4) is 0 Å². The Balaban J connectivity index is 1.87. The highest BCUT2D eigenvalue weighted by molar-refractivity contribution is 7.89. The van der Waals surface area contributed by atoms with Gasteiger partial charge in [0.05, 0.1) is 4.90 Å². The molecule has 1 aliphatic rings. The van der Waals surface area contributed by atoms with E-state index in [0.717, 1.165) is 38.4 Å². The molecule has 0 radical (unpaired) electrons. The molecular formula is C13H19FN2O2S. The number of hydrogen-bond acceptors (Lipinski definition) is 3. The van der Waals surface area contributed by atoms with E-state index >= 15 is 0 Å². The second kappa shape index (κ2) is 6.45. The fourth-order valence-corrected chi connectivity index (χ4v) is 3.36. The maximum Gasteiger partial charge on any atom is 0.240 e. The molecule has 2 rings (SSSR count). The molecule has 0 aromatic heterocycles. The molecule has 1 unspecified atom stereocenters. The van der Waals surface area contributed by atoms with E-state index in [2.05, 4.69) is 10.0 Å². The van der Waals surface area contributed by atoms with Gasteiger partial charge in [0.2, 0.25) is 10.0 Å². The summed E-state index contributed by atoms with van der Waals surface area (Å²) in [5, 5.41) is 3.29. The summed E-state index contributed by atoms with van der Waals surface area (Å²) in [6.45, 7) is 2.39. The lowest BCUT2D eigenvalue weighted by atomic mass is 9.96. The summed E-state index contributed by atoms with van der Waals surface area (Å²) < 4.78 is 39.4. The highest BCUT2D eigenvalue weighted by atomic mass is 32.2. The second-order valence-corrected chi connectivity index (χ2v) is 6.62. The summed E-state index contributed by atoms with van der Waals surface area (Å²) >= 11 is 0. The van der Waals surface area contributed by atoms with E-state index < -0.39 is 15.8 Å². The third kappa shape index (κ3) is 4.26. The monoisotopic (exact) mass is 286 g/mol. The second-order valence-electron chi connectivity index (χ2n) is 4.86. The molecule has 1 fully saturated rings. The van der Waals surface area contributed by atoms with Crippen molar-refractivity contribution in [3.05, 3.63) is 30.1 Å². The van der Waals surface area contributed by atoms with Gasteiger partial charge in [0.15, 0.2) is 0 Å². The molecule has 0 spiro atoms. The van der Waals surface area contributed by atoms with Crippen LogP contribution in [0.2, 0.25) is 0 Å². The van der Waals surface area contributed by atoms with E-state index in [0.29, 0.717) is 12.5 Å². The van der Waals surface area contributed by atoms with Gasteiger partial charge in [0.25, 0.3) is 0 Å². The highest BCUT2D eigenvalue weighted by Gasteiger charge is 2.16. The van der Waals surface area contributed by atoms with Crippen LogP contribution in [-0.2, 0) is 10.0 Å². The van der Waals surface area contributed by atoms with Crippen LogP contribution in [0.25, 0.3) is 0 Å². The Hall–Kier alpha value is -0.980. The average molecular weight is 286 g/mol. The highest BCUT2D eigenvalue weighted by Crippen LogP contribution is 2.14. The lowest BCUT2D eigenvalue weighted by molar-refractivity contribution is 0.358. The Morgan fingerprint density at radius 3 is 2.95 bits per heavy atom. The van der Waals surface area contributed by atoms with Crippen LogP contribution in [0.5, 0.6) is 0 Å². The predicted octanol–water partition coefficient (Wildman–Crippen LogP) is 1.49. The zero-order valence-electron chi connectivity index (χ0n) is 10.7. The van der Waals surface area contributed by atoms with Crippen molar-refractivity contribution in [3.63, 3.8) is 0 Å². The quantitative estimate of drug-likeness (QED) is 0.862. The maximum absolute atomic E-state index is 13.0. The molecule has 4 nitrogen and oxygen atoms in total. The predicted molar refractivity (Wildman–Crippen MR) is 71.8 cm³/mol. The third-order valence-electron chi connectivity index (χ3n) is 3.35. The van der Waals surface area contributed by atoms with E-state index in [4.69, 9.17) is 0 Å². The van der Waals surface area contributed by atoms with Gasteiger partial charge in [-0.3, -0.25) is 0 Å². The molecule has 1 heterocycles. The molecule has 1 aromatic carbocycles. The van der Waals surface area contributed by atoms with Gasteiger partial charge >= 0.3 is 0 Å². The van der Waals surface area contributed by atoms with Gasteiger partial charge in [0.1, 0.15) is 5.82 Å². The minimum atomic E-state index is -3.59. The largest absolute Gasteiger partial charge is 0.316 e. The smallest absolute Gasteiger partial charge is 0.240 e. The van der Waals surface area contributed by atoms with Crippen LogP contribution in [0, 0.1) is 11.7 Å². The first-order valence-corrected chi connectivity index (χ1v) is 8.02. The molecule has 0 saturated carbocycles. The SMILES string of the molecule is O=S(=O)(NCCC1CCCNC1)c1cccc(F)c1. The Labute approximate surface area is 113 Å². The van der Waals surface area contributed by atoms with Crippen LogP contribution in [0.1, 0.15) is 19.3 Å². The number of sulfonamides is 1. The first kappa shape index (κ1) is 14.4. The zero-order chi connectivity index (χ0) is 13.7. The van der Waals surface area contributed by atoms with Crippen molar-refractivity contribution in [3.8, 4) is 0 Å². The Bertz CT molecular complexity index is 513. The van der Waals surface area contributed by atoms with Gasteiger partial charge in [-0.25, -0.2) is 17.5 Å². The van der Waals surface area contributed by atoms with E-state index in [9.17, 15) is 12.8 Å². The van der Waals surface area contributed by atoms with Crippen molar-refractivity contribution in [2.45, 2.75) is 24.2 Å². The molecule has 2 N–H and O–H groups in total. The van der Waals surface area contributed by atoms with Gasteiger partial charge in [0, 0.05) is 6.54 Å². The molecule has 1 aliphatic heterocycles. The number of rotatable bonds is 5. The van der Waals surface area contributed by atoms with Crippen LogP contribution >= 0.6 is 0 Å². The Kier molecular flexibility index (Phi) is 4.90. The van der Waals surface area contributed by atoms with E-state index in [-0.39, 0.29) is 4.90 Å². The molecule has 0 amide bonds. The standard InChI is InChI=1S/C13H19FN2O2S/c14-12-4-1-5-13(9-12)19(17,18)16-8-6-11-3-2-7-15-10-11/h1,4-5,9,11,15-16H,2-3,6-8,10H2. The molecule has 19 heavy (non-hydrogen) atoms. The lowest BCUT2D eigenvalue weighted by Crippen LogP contribution is -2.33. The van der Waals surface area contributed by atoms with E-state index in [1.165, 1.54) is 18.2 Å². The van der Waals surface area contributed by atoms with Crippen molar-refractivity contribution in [2.24, 2.45) is 5.92 Å². The summed E-state index contributed by atoms with van der Waals surface area (Å²) in [7, 11) is -3.59. The molecule has 0 bridgehead atoms. The van der Waals surface area contributed by atoms with Crippen molar-refractivity contribution >= 4 is 10.0 Å². The number of halogens is 1. The third-order valence-corrected chi connectivity index (χ3v) is 4.81. The lowest BCUT2D eigenvalue weighted by Gasteiger charge is -2.22. The van der Waals surface area contributed by atoms with E-state index in [1.54, 1.807) is 0 Å². The minimum absolute atomic E-state index is 0.0192. The van der Waals surface area contributed by atoms with Gasteiger partial charge in [-0.2, -0.15) is 0 Å². The molecule has 0 aliphatic carbocycles. The van der Waals surface area contributed by atoms with Gasteiger partial charge in [-0.15, -0.1) is 0 Å². The molecule has 106 valence electrons. The van der Waals surface area contributed by atoms with Crippen LogP contribution < -0.4 is 10.0 Å². The molecule has 1 atom stereocenters. The van der Waals surface area contributed by atoms with Crippen molar-refractivity contribution in [1.29, 1.82) is 0 Å². The number of benzene rings is 1. The Morgan fingerprint density at radius 1 is 1.42 bits per heavy atom. The summed E-state index contributed by atoms with van der Waals surface area (Å²) in [5.41, 5.74) is 0. The number of piperidine rings is 1. The fraction of sp³-hybridized carbons (Fsp3) is 0.538. The molecule has 6 heteroatoms. The molecular weight excluding hydrogens is 267 g/mol. The van der Waals surface area contributed by atoms with E-state index in [1.807, 2.05) is 0 Å². The first-order chi connectivity index (χ1) is 9.08. The summed E-state index contributed by atoms with van der Waals surface area (Å²) in [5.74, 6) is -0.0247. The van der Waals surface area contributed by atoms with Crippen molar-refractivity contribution < 1.29 is 12.8 Å².